The van der Waals surface area contributed by atoms with E-state index in [1.165, 1.54) is 0 Å². The molecule has 1 heterocycles. The van der Waals surface area contributed by atoms with Crippen molar-refractivity contribution in [3.63, 3.8) is 0 Å². The highest BCUT2D eigenvalue weighted by Gasteiger charge is 2.17. The van der Waals surface area contributed by atoms with Gasteiger partial charge >= 0.3 is 0 Å². The van der Waals surface area contributed by atoms with E-state index in [4.69, 9.17) is 5.73 Å². The van der Waals surface area contributed by atoms with Gasteiger partial charge in [-0.25, -0.2) is 5.01 Å². The zero-order chi connectivity index (χ0) is 7.56. The molecule has 1 aliphatic heterocycles. The molecule has 3 N–H and O–H groups in total. The molecule has 0 spiro atoms. The Kier molecular flexibility index (Phi) is 1.91. The summed E-state index contributed by atoms with van der Waals surface area (Å²) in [5.74, 6) is 0.0567. The van der Waals surface area contributed by atoms with Crippen molar-refractivity contribution in [2.24, 2.45) is 5.73 Å². The van der Waals surface area contributed by atoms with Crippen molar-refractivity contribution in [2.45, 2.75) is 6.42 Å². The summed E-state index contributed by atoms with van der Waals surface area (Å²) in [6.45, 7) is 4.81. The van der Waals surface area contributed by atoms with Crippen molar-refractivity contribution >= 4 is 5.91 Å². The molecule has 0 aliphatic carbocycles. The Morgan fingerprint density at radius 2 is 2.60 bits per heavy atom. The van der Waals surface area contributed by atoms with Gasteiger partial charge in [0.05, 0.1) is 6.54 Å². The number of nitrogens with two attached hydrogens (primary N) is 1. The van der Waals surface area contributed by atoms with E-state index in [9.17, 15) is 4.79 Å². The van der Waals surface area contributed by atoms with Gasteiger partial charge in [0, 0.05) is 18.7 Å². The van der Waals surface area contributed by atoms with E-state index < -0.39 is 0 Å². The SMILES string of the molecule is C=C(N)CN1CCC(=O)N1. The second-order valence-electron chi connectivity index (χ2n) is 2.36. The van der Waals surface area contributed by atoms with E-state index in [2.05, 4.69) is 12.0 Å². The number of hydrogen-bond acceptors (Lipinski definition) is 3. The second-order valence-corrected chi connectivity index (χ2v) is 2.36. The van der Waals surface area contributed by atoms with Crippen LogP contribution in [-0.2, 0) is 4.79 Å². The molecule has 4 heteroatoms. The molecule has 0 saturated carbocycles. The van der Waals surface area contributed by atoms with Crippen molar-refractivity contribution in [1.82, 2.24) is 10.4 Å². The van der Waals surface area contributed by atoms with Gasteiger partial charge in [-0.1, -0.05) is 6.58 Å². The van der Waals surface area contributed by atoms with Crippen LogP contribution >= 0.6 is 0 Å². The van der Waals surface area contributed by atoms with E-state index in [1.54, 1.807) is 5.01 Å². The number of nitrogens with one attached hydrogen (secondary N) is 1. The van der Waals surface area contributed by atoms with Gasteiger partial charge in [-0.2, -0.15) is 0 Å². The van der Waals surface area contributed by atoms with Gasteiger partial charge in [-0.05, 0) is 0 Å². The van der Waals surface area contributed by atoms with E-state index in [1.807, 2.05) is 0 Å². The Balaban J connectivity index is 2.31. The molecule has 1 aliphatic rings. The second kappa shape index (κ2) is 2.70. The maximum absolute atomic E-state index is 10.6. The van der Waals surface area contributed by atoms with E-state index in [0.29, 0.717) is 18.7 Å². The minimum atomic E-state index is 0.0567. The molecule has 4 nitrogen and oxygen atoms in total. The monoisotopic (exact) mass is 141 g/mol. The Bertz CT molecular complexity index is 166. The van der Waals surface area contributed by atoms with E-state index >= 15 is 0 Å². The lowest BCUT2D eigenvalue weighted by Crippen LogP contribution is -2.35. The summed E-state index contributed by atoms with van der Waals surface area (Å²) in [6, 6.07) is 0. The fourth-order valence-electron chi connectivity index (χ4n) is 0.888. The van der Waals surface area contributed by atoms with Crippen molar-refractivity contribution in [3.8, 4) is 0 Å². The quantitative estimate of drug-likeness (QED) is 0.529. The van der Waals surface area contributed by atoms with Crippen molar-refractivity contribution in [2.75, 3.05) is 13.1 Å². The molecule has 1 fully saturated rings. The van der Waals surface area contributed by atoms with E-state index in [-0.39, 0.29) is 5.91 Å². The van der Waals surface area contributed by atoms with Gasteiger partial charge in [0.15, 0.2) is 0 Å². The average Bonchev–Trinajstić information content (AvgIpc) is 2.13. The highest BCUT2D eigenvalue weighted by Crippen LogP contribution is 1.98. The molecule has 0 unspecified atom stereocenters. The van der Waals surface area contributed by atoms with Gasteiger partial charge in [-0.15, -0.1) is 0 Å². The third-order valence-corrected chi connectivity index (χ3v) is 1.29. The van der Waals surface area contributed by atoms with Crippen LogP contribution in [0.3, 0.4) is 0 Å². The lowest BCUT2D eigenvalue weighted by atomic mass is 10.4. The summed E-state index contributed by atoms with van der Waals surface area (Å²) >= 11 is 0. The first-order valence-electron chi connectivity index (χ1n) is 3.16. The Morgan fingerprint density at radius 3 is 3.00 bits per heavy atom. The van der Waals surface area contributed by atoms with E-state index in [0.717, 1.165) is 6.54 Å². The summed E-state index contributed by atoms with van der Waals surface area (Å²) in [6.07, 6.45) is 0.563. The summed E-state index contributed by atoms with van der Waals surface area (Å²) in [7, 11) is 0. The first-order chi connectivity index (χ1) is 4.68. The third-order valence-electron chi connectivity index (χ3n) is 1.29. The minimum Gasteiger partial charge on any atom is -0.401 e. The molecule has 0 radical (unpaired) electrons. The van der Waals surface area contributed by atoms with Crippen molar-refractivity contribution in [1.29, 1.82) is 0 Å². The van der Waals surface area contributed by atoms with Crippen LogP contribution in [0.2, 0.25) is 0 Å². The molecule has 1 rings (SSSR count). The Hall–Kier alpha value is -1.03. The molecule has 0 aromatic rings. The first-order valence-corrected chi connectivity index (χ1v) is 3.16. The van der Waals surface area contributed by atoms with Crippen molar-refractivity contribution < 1.29 is 4.79 Å². The summed E-state index contributed by atoms with van der Waals surface area (Å²) in [4.78, 5) is 10.6. The zero-order valence-corrected chi connectivity index (χ0v) is 5.76. The number of carbonyl (C=O) groups excluding carboxylic acids is 1. The smallest absolute Gasteiger partial charge is 0.235 e. The lowest BCUT2D eigenvalue weighted by molar-refractivity contribution is -0.120. The van der Waals surface area contributed by atoms with Crippen LogP contribution in [0.15, 0.2) is 12.3 Å². The molecule has 1 amide bonds. The number of hydrazine groups is 1. The fraction of sp³-hybridized carbons (Fsp3) is 0.500. The van der Waals surface area contributed by atoms with Gasteiger partial charge in [0.25, 0.3) is 0 Å². The summed E-state index contributed by atoms with van der Waals surface area (Å²) in [5, 5.41) is 1.75. The maximum Gasteiger partial charge on any atom is 0.235 e. The molecular weight excluding hydrogens is 130 g/mol. The van der Waals surface area contributed by atoms with Gasteiger partial charge < -0.3 is 5.73 Å². The fourth-order valence-corrected chi connectivity index (χ4v) is 0.888. The maximum atomic E-state index is 10.6. The Morgan fingerprint density at radius 1 is 1.90 bits per heavy atom. The molecule has 56 valence electrons. The van der Waals surface area contributed by atoms with Crippen LogP contribution in [0.4, 0.5) is 0 Å². The van der Waals surface area contributed by atoms with Crippen LogP contribution in [0.1, 0.15) is 6.42 Å². The van der Waals surface area contributed by atoms with Crippen LogP contribution in [-0.4, -0.2) is 24.0 Å². The lowest BCUT2D eigenvalue weighted by Gasteiger charge is -2.13. The normalized spacial score (nSPS) is 19.0. The summed E-state index contributed by atoms with van der Waals surface area (Å²) < 4.78 is 0. The predicted octanol–water partition coefficient (Wildman–Crippen LogP) is -0.804. The average molecular weight is 141 g/mol. The predicted molar refractivity (Wildman–Crippen MR) is 37.7 cm³/mol. The number of carbonyl (C=O) groups is 1. The topological polar surface area (TPSA) is 58.4 Å². The number of hydrogen-bond donors (Lipinski definition) is 2. The Labute approximate surface area is 59.6 Å². The molecule has 0 bridgehead atoms. The third kappa shape index (κ3) is 1.73. The standard InChI is InChI=1S/C6H11N3O/c1-5(7)4-9-3-2-6(10)8-9/h1-4,7H2,(H,8,10). The zero-order valence-electron chi connectivity index (χ0n) is 5.76. The molecule has 1 saturated heterocycles. The largest absolute Gasteiger partial charge is 0.401 e. The van der Waals surface area contributed by atoms with Crippen LogP contribution < -0.4 is 11.2 Å². The number of nitrogens with zero attached hydrogens (tertiary/aromatic N) is 1. The van der Waals surface area contributed by atoms with Crippen LogP contribution in [0, 0.1) is 0 Å². The van der Waals surface area contributed by atoms with Gasteiger partial charge in [0.2, 0.25) is 5.91 Å². The number of rotatable bonds is 2. The molecule has 0 aromatic heterocycles. The minimum absolute atomic E-state index is 0.0567. The molecular formula is C6H11N3O. The van der Waals surface area contributed by atoms with Gasteiger partial charge in [0.1, 0.15) is 0 Å². The number of amides is 1. The van der Waals surface area contributed by atoms with Crippen molar-refractivity contribution in [3.05, 3.63) is 12.3 Å². The van der Waals surface area contributed by atoms with Gasteiger partial charge in [-0.3, -0.25) is 10.2 Å². The molecule has 10 heavy (non-hydrogen) atoms. The molecule has 0 aromatic carbocycles. The van der Waals surface area contributed by atoms with Crippen LogP contribution in [0.25, 0.3) is 0 Å². The highest BCUT2D eigenvalue weighted by molar-refractivity contribution is 5.77. The first kappa shape index (κ1) is 7.08. The van der Waals surface area contributed by atoms with Crippen LogP contribution in [0.5, 0.6) is 0 Å². The summed E-state index contributed by atoms with van der Waals surface area (Å²) in [5.41, 5.74) is 8.54. The molecule has 0 atom stereocenters. The highest BCUT2D eigenvalue weighted by atomic mass is 16.2.